The van der Waals surface area contributed by atoms with Gasteiger partial charge >= 0.3 is 0 Å². The van der Waals surface area contributed by atoms with Crippen LogP contribution in [-0.2, 0) is 6.61 Å². The van der Waals surface area contributed by atoms with Crippen LogP contribution >= 0.6 is 0 Å². The fourth-order valence-electron chi connectivity index (χ4n) is 3.56. The lowest BCUT2D eigenvalue weighted by Gasteiger charge is -2.24. The van der Waals surface area contributed by atoms with E-state index in [1.165, 1.54) is 24.3 Å². The number of hydrogen-bond donors (Lipinski definition) is 0. The van der Waals surface area contributed by atoms with Crippen LogP contribution in [0.25, 0.3) is 11.1 Å². The zero-order valence-electron chi connectivity index (χ0n) is 13.8. The van der Waals surface area contributed by atoms with E-state index in [1.54, 1.807) is 24.3 Å². The Morgan fingerprint density at radius 3 is 2.15 bits per heavy atom. The Kier molecular flexibility index (Phi) is 3.18. The molecule has 0 aromatic heterocycles. The molecule has 0 saturated carbocycles. The maximum absolute atomic E-state index is 14.8. The topological polar surface area (TPSA) is 46.6 Å². The van der Waals surface area contributed by atoms with E-state index in [1.807, 2.05) is 0 Å². The standard InChI is InChI=1S/C21H11F2NO3/c22-16-7-3-6-11-14-8-18(17(23)9-19(14)27-10-15(11)16)24-20(25)12-4-1-2-5-13(12)21(24)26/h1-9H,10H2. The molecule has 3 aromatic carbocycles. The van der Waals surface area contributed by atoms with Crippen LogP contribution < -0.4 is 9.64 Å². The number of carbonyl (C=O) groups is 2. The number of imide groups is 1. The van der Waals surface area contributed by atoms with Gasteiger partial charge in [-0.05, 0) is 29.8 Å². The molecule has 132 valence electrons. The first-order chi connectivity index (χ1) is 13.1. The minimum Gasteiger partial charge on any atom is -0.488 e. The summed E-state index contributed by atoms with van der Waals surface area (Å²) in [5.41, 5.74) is 1.60. The van der Waals surface area contributed by atoms with Crippen LogP contribution in [-0.4, -0.2) is 11.8 Å². The van der Waals surface area contributed by atoms with Crippen molar-refractivity contribution in [2.45, 2.75) is 6.61 Å². The van der Waals surface area contributed by atoms with Crippen LogP contribution in [0.15, 0.2) is 54.6 Å². The maximum Gasteiger partial charge on any atom is 0.266 e. The molecule has 0 unspecified atom stereocenters. The first-order valence-corrected chi connectivity index (χ1v) is 8.28. The molecule has 0 spiro atoms. The molecular formula is C21H11F2NO3. The monoisotopic (exact) mass is 363 g/mol. The number of halogens is 2. The van der Waals surface area contributed by atoms with Gasteiger partial charge in [0.25, 0.3) is 11.8 Å². The summed E-state index contributed by atoms with van der Waals surface area (Å²) < 4.78 is 34.3. The Balaban J connectivity index is 1.69. The smallest absolute Gasteiger partial charge is 0.266 e. The molecule has 0 saturated heterocycles. The first kappa shape index (κ1) is 15.7. The van der Waals surface area contributed by atoms with Crippen LogP contribution in [0.3, 0.4) is 0 Å². The molecule has 2 aliphatic heterocycles. The molecule has 2 heterocycles. The molecule has 0 aliphatic carbocycles. The highest BCUT2D eigenvalue weighted by molar-refractivity contribution is 6.34. The number of benzene rings is 3. The SMILES string of the molecule is O=C1c2ccccc2C(=O)N1c1cc2c(cc1F)OCc1c(F)cccc1-2. The molecule has 0 N–H and O–H groups in total. The lowest BCUT2D eigenvalue weighted by molar-refractivity contribution is 0.0924. The van der Waals surface area contributed by atoms with E-state index in [0.717, 1.165) is 11.0 Å². The summed E-state index contributed by atoms with van der Waals surface area (Å²) in [6.07, 6.45) is 0. The van der Waals surface area contributed by atoms with Crippen LogP contribution in [0.2, 0.25) is 0 Å². The summed E-state index contributed by atoms with van der Waals surface area (Å²) in [6.45, 7) is -0.0131. The Morgan fingerprint density at radius 1 is 0.778 bits per heavy atom. The number of fused-ring (bicyclic) bond motifs is 4. The molecule has 0 fully saturated rings. The van der Waals surface area contributed by atoms with Crippen molar-refractivity contribution in [3.8, 4) is 16.9 Å². The molecule has 5 rings (SSSR count). The first-order valence-electron chi connectivity index (χ1n) is 8.28. The fraction of sp³-hybridized carbons (Fsp3) is 0.0476. The molecular weight excluding hydrogens is 352 g/mol. The normalized spacial score (nSPS) is 14.5. The van der Waals surface area contributed by atoms with Crippen molar-refractivity contribution in [3.05, 3.63) is 82.9 Å². The van der Waals surface area contributed by atoms with Crippen LogP contribution in [0.4, 0.5) is 14.5 Å². The van der Waals surface area contributed by atoms with Crippen molar-refractivity contribution < 1.29 is 23.1 Å². The van der Waals surface area contributed by atoms with Gasteiger partial charge in [-0.1, -0.05) is 24.3 Å². The number of carbonyl (C=O) groups excluding carboxylic acids is 2. The second-order valence-corrected chi connectivity index (χ2v) is 6.35. The third-order valence-corrected chi connectivity index (χ3v) is 4.87. The fourth-order valence-corrected chi connectivity index (χ4v) is 3.56. The van der Waals surface area contributed by atoms with E-state index in [4.69, 9.17) is 4.74 Å². The third-order valence-electron chi connectivity index (χ3n) is 4.87. The number of hydrogen-bond acceptors (Lipinski definition) is 3. The van der Waals surface area contributed by atoms with E-state index < -0.39 is 23.4 Å². The minimum absolute atomic E-state index is 0.0131. The Morgan fingerprint density at radius 2 is 1.44 bits per heavy atom. The summed E-state index contributed by atoms with van der Waals surface area (Å²) >= 11 is 0. The summed E-state index contributed by atoms with van der Waals surface area (Å²) in [7, 11) is 0. The van der Waals surface area contributed by atoms with Crippen LogP contribution in [0.1, 0.15) is 26.3 Å². The van der Waals surface area contributed by atoms with Gasteiger partial charge in [0.1, 0.15) is 18.2 Å². The maximum atomic E-state index is 14.8. The van der Waals surface area contributed by atoms with E-state index in [-0.39, 0.29) is 29.2 Å². The van der Waals surface area contributed by atoms with Crippen molar-refractivity contribution in [1.29, 1.82) is 0 Å². The van der Waals surface area contributed by atoms with Crippen molar-refractivity contribution in [2.24, 2.45) is 0 Å². The summed E-state index contributed by atoms with van der Waals surface area (Å²) in [6, 6.07) is 13.4. The highest BCUT2D eigenvalue weighted by atomic mass is 19.1. The van der Waals surface area contributed by atoms with Gasteiger partial charge in [0.15, 0.2) is 5.82 Å². The van der Waals surface area contributed by atoms with Gasteiger partial charge in [0.2, 0.25) is 0 Å². The van der Waals surface area contributed by atoms with Gasteiger partial charge in [-0.25, -0.2) is 13.7 Å². The van der Waals surface area contributed by atoms with Gasteiger partial charge < -0.3 is 4.74 Å². The van der Waals surface area contributed by atoms with Gasteiger partial charge in [-0.15, -0.1) is 0 Å². The number of amides is 2. The van der Waals surface area contributed by atoms with E-state index in [2.05, 4.69) is 0 Å². The quantitative estimate of drug-likeness (QED) is 0.605. The lowest BCUT2D eigenvalue weighted by Crippen LogP contribution is -2.30. The number of nitrogens with zero attached hydrogens (tertiary/aromatic N) is 1. The Hall–Kier alpha value is -3.54. The van der Waals surface area contributed by atoms with Crippen LogP contribution in [0, 0.1) is 11.6 Å². The predicted octanol–water partition coefficient (Wildman–Crippen LogP) is 4.32. The molecule has 6 heteroatoms. The molecule has 27 heavy (non-hydrogen) atoms. The van der Waals surface area contributed by atoms with E-state index >= 15 is 0 Å². The van der Waals surface area contributed by atoms with Gasteiger partial charge in [-0.2, -0.15) is 0 Å². The van der Waals surface area contributed by atoms with Gasteiger partial charge in [0.05, 0.1) is 16.8 Å². The summed E-state index contributed by atoms with van der Waals surface area (Å²) in [4.78, 5) is 26.2. The Bertz CT molecular complexity index is 1120. The highest BCUT2D eigenvalue weighted by Gasteiger charge is 2.38. The second-order valence-electron chi connectivity index (χ2n) is 6.35. The van der Waals surface area contributed by atoms with E-state index in [9.17, 15) is 18.4 Å². The molecule has 0 bridgehead atoms. The van der Waals surface area contributed by atoms with E-state index in [0.29, 0.717) is 16.7 Å². The van der Waals surface area contributed by atoms with Crippen LogP contribution in [0.5, 0.6) is 5.75 Å². The van der Waals surface area contributed by atoms with Crippen molar-refractivity contribution >= 4 is 17.5 Å². The third kappa shape index (κ3) is 2.13. The average molecular weight is 363 g/mol. The van der Waals surface area contributed by atoms with Gasteiger partial charge in [0, 0.05) is 17.2 Å². The van der Waals surface area contributed by atoms with Crippen molar-refractivity contribution in [3.63, 3.8) is 0 Å². The zero-order valence-corrected chi connectivity index (χ0v) is 13.8. The lowest BCUT2D eigenvalue weighted by atomic mass is 9.96. The highest BCUT2D eigenvalue weighted by Crippen LogP contribution is 2.43. The molecule has 0 atom stereocenters. The number of anilines is 1. The minimum atomic E-state index is -0.761. The summed E-state index contributed by atoms with van der Waals surface area (Å²) in [5.74, 6) is -2.13. The Labute approximate surface area is 152 Å². The molecule has 2 aliphatic rings. The molecule has 2 amide bonds. The number of rotatable bonds is 1. The largest absolute Gasteiger partial charge is 0.488 e. The summed E-state index contributed by atoms with van der Waals surface area (Å²) in [5, 5.41) is 0. The second kappa shape index (κ2) is 5.48. The molecule has 4 nitrogen and oxygen atoms in total. The molecule has 0 radical (unpaired) electrons. The van der Waals surface area contributed by atoms with Crippen molar-refractivity contribution in [1.82, 2.24) is 0 Å². The van der Waals surface area contributed by atoms with Crippen molar-refractivity contribution in [2.75, 3.05) is 4.90 Å². The molecule has 3 aromatic rings. The average Bonchev–Trinajstić information content (AvgIpc) is 2.92. The number of ether oxygens (including phenoxy) is 1. The van der Waals surface area contributed by atoms with Gasteiger partial charge in [-0.3, -0.25) is 9.59 Å². The predicted molar refractivity (Wildman–Crippen MR) is 93.7 cm³/mol. The zero-order chi connectivity index (χ0) is 18.7.